The second kappa shape index (κ2) is 12.1. The molecule has 1 aromatic heterocycles. The van der Waals surface area contributed by atoms with Crippen molar-refractivity contribution < 1.29 is 13.9 Å². The van der Waals surface area contributed by atoms with Crippen molar-refractivity contribution in [2.75, 3.05) is 31.1 Å². The Bertz CT molecular complexity index is 1570. The molecule has 8 heteroatoms. The summed E-state index contributed by atoms with van der Waals surface area (Å²) in [7, 11) is 0. The van der Waals surface area contributed by atoms with Crippen LogP contribution in [0.3, 0.4) is 0 Å². The summed E-state index contributed by atoms with van der Waals surface area (Å²) in [6, 6.07) is 24.9. The molecule has 0 saturated carbocycles. The second-order valence-corrected chi connectivity index (χ2v) is 13.1. The maximum atomic E-state index is 12.8. The molecule has 3 aromatic carbocycles. The SMILES string of the molecule is CC(C)(C)CC(C)(C)NC(=O)OCn1c(=O)oc2c(N3CCN(Cc4cccc(-c5ccccc5)c4)CC3)cccc21. The highest BCUT2D eigenvalue weighted by molar-refractivity contribution is 5.87. The predicted molar refractivity (Wildman–Crippen MR) is 168 cm³/mol. The predicted octanol–water partition coefficient (Wildman–Crippen LogP) is 6.48. The average Bonchev–Trinajstić information content (AvgIpc) is 3.26. The number of carbonyl (C=O) groups is 1. The number of rotatable bonds is 8. The molecule has 222 valence electrons. The zero-order chi connectivity index (χ0) is 29.9. The molecule has 8 nitrogen and oxygen atoms in total. The van der Waals surface area contributed by atoms with Gasteiger partial charge in [-0.3, -0.25) is 4.90 Å². The summed E-state index contributed by atoms with van der Waals surface area (Å²) in [4.78, 5) is 30.1. The first-order valence-corrected chi connectivity index (χ1v) is 14.7. The molecule has 1 aliphatic rings. The number of para-hydroxylation sites is 1. The number of fused-ring (bicyclic) bond motifs is 1. The number of carbonyl (C=O) groups excluding carboxylic acids is 1. The van der Waals surface area contributed by atoms with Gasteiger partial charge in [0.1, 0.15) is 0 Å². The molecule has 42 heavy (non-hydrogen) atoms. The molecule has 0 unspecified atom stereocenters. The molecule has 0 bridgehead atoms. The van der Waals surface area contributed by atoms with Crippen molar-refractivity contribution in [1.29, 1.82) is 0 Å². The maximum Gasteiger partial charge on any atom is 0.422 e. The number of benzene rings is 3. The highest BCUT2D eigenvalue weighted by Crippen LogP contribution is 2.29. The topological polar surface area (TPSA) is 79.9 Å². The van der Waals surface area contributed by atoms with Crippen molar-refractivity contribution in [2.45, 2.75) is 59.9 Å². The van der Waals surface area contributed by atoms with Crippen molar-refractivity contribution in [3.8, 4) is 11.1 Å². The van der Waals surface area contributed by atoms with E-state index in [-0.39, 0.29) is 12.1 Å². The first-order chi connectivity index (χ1) is 20.0. The zero-order valence-electron chi connectivity index (χ0n) is 25.4. The molecule has 0 aliphatic carbocycles. The molecule has 0 radical (unpaired) electrons. The van der Waals surface area contributed by atoms with E-state index in [2.05, 4.69) is 84.4 Å². The molecule has 2 heterocycles. The summed E-state index contributed by atoms with van der Waals surface area (Å²) < 4.78 is 12.5. The highest BCUT2D eigenvalue weighted by atomic mass is 16.6. The summed E-state index contributed by atoms with van der Waals surface area (Å²) in [5.74, 6) is -0.545. The van der Waals surface area contributed by atoms with Gasteiger partial charge in [0.05, 0.1) is 11.2 Å². The molecular weight excluding hydrogens is 528 g/mol. The van der Waals surface area contributed by atoms with Crippen LogP contribution in [-0.4, -0.2) is 47.3 Å². The van der Waals surface area contributed by atoms with Gasteiger partial charge in [-0.25, -0.2) is 14.2 Å². The lowest BCUT2D eigenvalue weighted by atomic mass is 9.82. The molecule has 1 amide bonds. The zero-order valence-corrected chi connectivity index (χ0v) is 25.4. The van der Waals surface area contributed by atoms with Gasteiger partial charge in [-0.2, -0.15) is 0 Å². The summed E-state index contributed by atoms with van der Waals surface area (Å²) in [6.07, 6.45) is 0.215. The van der Waals surface area contributed by atoms with Gasteiger partial charge < -0.3 is 19.4 Å². The minimum absolute atomic E-state index is 0.0454. The van der Waals surface area contributed by atoms with Crippen LogP contribution in [-0.2, 0) is 18.0 Å². The smallest absolute Gasteiger partial charge is 0.422 e. The first-order valence-electron chi connectivity index (χ1n) is 14.7. The third kappa shape index (κ3) is 7.23. The van der Waals surface area contributed by atoms with E-state index < -0.39 is 17.4 Å². The fourth-order valence-electron chi connectivity index (χ4n) is 6.13. The molecule has 1 fully saturated rings. The van der Waals surface area contributed by atoms with E-state index in [4.69, 9.17) is 9.15 Å². The quantitative estimate of drug-likeness (QED) is 0.261. The van der Waals surface area contributed by atoms with Crippen LogP contribution in [0.1, 0.15) is 46.6 Å². The van der Waals surface area contributed by atoms with E-state index >= 15 is 0 Å². The van der Waals surface area contributed by atoms with Crippen LogP contribution in [0.4, 0.5) is 10.5 Å². The lowest BCUT2D eigenvalue weighted by molar-refractivity contribution is 0.0992. The Morgan fingerprint density at radius 3 is 2.29 bits per heavy atom. The van der Waals surface area contributed by atoms with E-state index in [1.807, 2.05) is 38.1 Å². The molecule has 0 atom stereocenters. The Morgan fingerprint density at radius 2 is 1.57 bits per heavy atom. The van der Waals surface area contributed by atoms with Crippen molar-refractivity contribution in [3.05, 3.63) is 88.9 Å². The van der Waals surface area contributed by atoms with Crippen molar-refractivity contribution >= 4 is 22.9 Å². The van der Waals surface area contributed by atoms with Gasteiger partial charge in [-0.1, -0.05) is 75.4 Å². The lowest BCUT2D eigenvalue weighted by Gasteiger charge is -2.36. The number of amides is 1. The Kier molecular flexibility index (Phi) is 8.45. The fraction of sp³-hybridized carbons (Fsp3) is 0.412. The van der Waals surface area contributed by atoms with Crippen LogP contribution >= 0.6 is 0 Å². The standard InChI is InChI=1S/C34H42N4O4/c1-33(2,3)23-34(4,5)35-31(39)41-24-38-29-16-10-15-28(30(29)42-32(38)40)37-19-17-36(18-20-37)22-25-11-9-14-27(21-25)26-12-7-6-8-13-26/h6-16,21H,17-20,22-24H2,1-5H3,(H,35,39). The number of hydrogen-bond donors (Lipinski definition) is 1. The number of ether oxygens (including phenoxy) is 1. The molecule has 4 aromatic rings. The normalized spacial score (nSPS) is 14.7. The van der Waals surface area contributed by atoms with Crippen LogP contribution in [0.25, 0.3) is 22.2 Å². The van der Waals surface area contributed by atoms with Gasteiger partial charge >= 0.3 is 11.8 Å². The number of nitrogens with zero attached hydrogens (tertiary/aromatic N) is 3. The lowest BCUT2D eigenvalue weighted by Crippen LogP contribution is -2.46. The number of anilines is 1. The molecule has 1 N–H and O–H groups in total. The van der Waals surface area contributed by atoms with Gasteiger partial charge in [-0.05, 0) is 60.6 Å². The van der Waals surface area contributed by atoms with Crippen molar-refractivity contribution in [1.82, 2.24) is 14.8 Å². The summed E-state index contributed by atoms with van der Waals surface area (Å²) >= 11 is 0. The molecule has 1 saturated heterocycles. The number of alkyl carbamates (subject to hydrolysis) is 1. The third-order valence-corrected chi connectivity index (χ3v) is 7.56. The Morgan fingerprint density at radius 1 is 0.881 bits per heavy atom. The molecule has 0 spiro atoms. The number of aromatic nitrogens is 1. The van der Waals surface area contributed by atoms with E-state index in [1.54, 1.807) is 0 Å². The van der Waals surface area contributed by atoms with E-state index in [9.17, 15) is 9.59 Å². The van der Waals surface area contributed by atoms with Crippen molar-refractivity contribution in [2.24, 2.45) is 5.41 Å². The monoisotopic (exact) mass is 570 g/mol. The van der Waals surface area contributed by atoms with Crippen LogP contribution in [0.5, 0.6) is 0 Å². The largest absolute Gasteiger partial charge is 0.428 e. The summed E-state index contributed by atoms with van der Waals surface area (Å²) in [5, 5.41) is 2.92. The van der Waals surface area contributed by atoms with Gasteiger partial charge in [0.25, 0.3) is 0 Å². The van der Waals surface area contributed by atoms with Crippen LogP contribution in [0.15, 0.2) is 82.0 Å². The average molecular weight is 571 g/mol. The summed E-state index contributed by atoms with van der Waals surface area (Å²) in [5.41, 5.74) is 5.35. The van der Waals surface area contributed by atoms with Gasteiger partial charge in [0.2, 0.25) is 0 Å². The fourth-order valence-corrected chi connectivity index (χ4v) is 6.13. The van der Waals surface area contributed by atoms with E-state index in [0.717, 1.165) is 44.8 Å². The number of piperazine rings is 1. The number of hydrogen-bond acceptors (Lipinski definition) is 6. The molecular formula is C34H42N4O4. The van der Waals surface area contributed by atoms with Crippen LogP contribution < -0.4 is 16.0 Å². The Balaban J connectivity index is 1.21. The molecule has 5 rings (SSSR count). The van der Waals surface area contributed by atoms with E-state index in [1.165, 1.54) is 21.3 Å². The number of nitrogens with one attached hydrogen (secondary N) is 1. The number of oxazole rings is 1. The maximum absolute atomic E-state index is 12.8. The van der Waals surface area contributed by atoms with Crippen LogP contribution in [0, 0.1) is 5.41 Å². The van der Waals surface area contributed by atoms with Gasteiger partial charge in [-0.15, -0.1) is 0 Å². The minimum Gasteiger partial charge on any atom is -0.428 e. The second-order valence-electron chi connectivity index (χ2n) is 13.1. The Hall–Kier alpha value is -4.04. The highest BCUT2D eigenvalue weighted by Gasteiger charge is 2.28. The third-order valence-electron chi connectivity index (χ3n) is 7.56. The minimum atomic E-state index is -0.563. The van der Waals surface area contributed by atoms with Crippen molar-refractivity contribution in [3.63, 3.8) is 0 Å². The van der Waals surface area contributed by atoms with Gasteiger partial charge in [0, 0.05) is 38.3 Å². The van der Waals surface area contributed by atoms with Crippen LogP contribution in [0.2, 0.25) is 0 Å². The first kappa shape index (κ1) is 29.5. The van der Waals surface area contributed by atoms with Gasteiger partial charge in [0.15, 0.2) is 12.3 Å². The Labute approximate surface area is 247 Å². The molecule has 1 aliphatic heterocycles. The van der Waals surface area contributed by atoms with E-state index in [0.29, 0.717) is 11.1 Å². The summed E-state index contributed by atoms with van der Waals surface area (Å²) in [6.45, 7) is 14.4.